The van der Waals surface area contributed by atoms with Crippen LogP contribution in [0.1, 0.15) is 56.6 Å². The molecule has 0 aliphatic carbocycles. The lowest BCUT2D eigenvalue weighted by molar-refractivity contribution is -0.139. The molecule has 0 spiro atoms. The van der Waals surface area contributed by atoms with Gasteiger partial charge in [-0.15, -0.1) is 0 Å². The molecule has 9 nitrogen and oxygen atoms in total. The van der Waals surface area contributed by atoms with Gasteiger partial charge in [0.1, 0.15) is 18.0 Å². The van der Waals surface area contributed by atoms with Gasteiger partial charge in [-0.2, -0.15) is 10.5 Å². The molecule has 2 fully saturated rings. The van der Waals surface area contributed by atoms with Crippen LogP contribution in [-0.4, -0.2) is 64.3 Å². The fraction of sp³-hybridized carbons (Fsp3) is 0.310. The molecule has 1 aromatic heterocycles. The molecule has 0 bridgehead atoms. The number of likely N-dealkylation sites (tertiary alicyclic amines) is 2. The number of rotatable bonds is 9. The first-order valence-corrected chi connectivity index (χ1v) is 21.7. The molecule has 3 heterocycles. The Labute approximate surface area is 374 Å². The lowest BCUT2D eigenvalue weighted by Crippen LogP contribution is -2.24. The molecule has 0 amide bonds. The van der Waals surface area contributed by atoms with Gasteiger partial charge in [0.15, 0.2) is 5.16 Å². The largest absolute Gasteiger partial charge is 0.465 e. The van der Waals surface area contributed by atoms with E-state index < -0.39 is 0 Å². The van der Waals surface area contributed by atoms with Crippen LogP contribution >= 0.6 is 81.4 Å². The summed E-state index contributed by atoms with van der Waals surface area (Å²) < 4.78 is 4.84. The molecule has 304 valence electrons. The second kappa shape index (κ2) is 24.3. The van der Waals surface area contributed by atoms with Crippen molar-refractivity contribution in [1.29, 1.82) is 10.5 Å². The number of ether oxygens (including phenoxy) is 1. The summed E-state index contributed by atoms with van der Waals surface area (Å²) in [5, 5.41) is 22.1. The van der Waals surface area contributed by atoms with E-state index in [1.54, 1.807) is 67.7 Å². The van der Waals surface area contributed by atoms with Crippen LogP contribution in [0.15, 0.2) is 78.4 Å². The van der Waals surface area contributed by atoms with Crippen molar-refractivity contribution in [1.82, 2.24) is 19.8 Å². The highest BCUT2D eigenvalue weighted by Gasteiger charge is 2.15. The van der Waals surface area contributed by atoms with Crippen molar-refractivity contribution in [2.24, 2.45) is 0 Å². The Morgan fingerprint density at radius 1 is 0.741 bits per heavy atom. The van der Waals surface area contributed by atoms with Crippen molar-refractivity contribution in [2.75, 3.05) is 44.3 Å². The molecule has 0 unspecified atom stereocenters. The molecular formula is C42H41Cl6N7O2S. The maximum absolute atomic E-state index is 11.3. The number of carbonyl (C=O) groups is 1. The summed E-state index contributed by atoms with van der Waals surface area (Å²) >= 11 is 37.2. The van der Waals surface area contributed by atoms with Gasteiger partial charge in [-0.05, 0) is 81.8 Å². The molecule has 2 aliphatic heterocycles. The van der Waals surface area contributed by atoms with Crippen molar-refractivity contribution in [2.45, 2.75) is 50.6 Å². The Balaban J connectivity index is 0.000000194. The zero-order valence-electron chi connectivity index (χ0n) is 31.7. The molecular weight excluding hydrogens is 879 g/mol. The van der Waals surface area contributed by atoms with Gasteiger partial charge in [-0.25, -0.2) is 9.97 Å². The molecule has 6 rings (SSSR count). The number of anilines is 1. The lowest BCUT2D eigenvalue weighted by atomic mass is 10.1. The summed E-state index contributed by atoms with van der Waals surface area (Å²) in [5.41, 5.74) is 9.95. The average Bonchev–Trinajstić information content (AvgIpc) is 3.20. The third kappa shape index (κ3) is 14.8. The zero-order valence-corrected chi connectivity index (χ0v) is 37.0. The van der Waals surface area contributed by atoms with Gasteiger partial charge in [0.25, 0.3) is 0 Å². The quantitative estimate of drug-likeness (QED) is 0.0749. The summed E-state index contributed by atoms with van der Waals surface area (Å²) in [5.74, 6) is 0.0963. The highest BCUT2D eigenvalue weighted by molar-refractivity contribution is 7.99. The monoisotopic (exact) mass is 917 g/mol. The maximum Gasteiger partial charge on any atom is 0.316 e. The Kier molecular flexibility index (Phi) is 19.6. The van der Waals surface area contributed by atoms with Crippen LogP contribution in [-0.2, 0) is 9.53 Å². The minimum absolute atomic E-state index is 0.133. The summed E-state index contributed by atoms with van der Waals surface area (Å²) in [7, 11) is 0. The van der Waals surface area contributed by atoms with Crippen LogP contribution < -0.4 is 5.73 Å². The molecule has 0 atom stereocenters. The number of halogens is 6. The predicted octanol–water partition coefficient (Wildman–Crippen LogP) is 12.4. The zero-order chi connectivity index (χ0) is 42.0. The SMILES string of the molecule is CCOC(=O)CSc1ncc(-c2ccc(Cl)cc2Cl)c(N)n1.N#CC(=CN1CCCCC1)c1ccc(Cl)cc1Cl.N#CC(=CN1CCCCC1)c1ccc(Cl)cc1Cl. The second-order valence-electron chi connectivity index (χ2n) is 12.9. The van der Waals surface area contributed by atoms with E-state index in [1.165, 1.54) is 38.5 Å². The Hall–Kier alpha value is -3.84. The van der Waals surface area contributed by atoms with Crippen LogP contribution in [0.4, 0.5) is 5.82 Å². The number of nitrogen functional groups attached to an aromatic ring is 1. The number of hydrogen-bond acceptors (Lipinski definition) is 10. The van der Waals surface area contributed by atoms with Crippen LogP contribution in [0.25, 0.3) is 22.3 Å². The molecule has 2 saturated heterocycles. The molecule has 2 N–H and O–H groups in total. The topological polar surface area (TPSA) is 132 Å². The number of hydrogen-bond donors (Lipinski definition) is 1. The van der Waals surface area contributed by atoms with Crippen molar-refractivity contribution in [3.63, 3.8) is 0 Å². The van der Waals surface area contributed by atoms with Crippen molar-refractivity contribution >= 4 is 104 Å². The highest BCUT2D eigenvalue weighted by atomic mass is 35.5. The first-order chi connectivity index (χ1) is 27.9. The number of nitrogens with two attached hydrogens (primary N) is 1. The molecule has 0 radical (unpaired) electrons. The number of nitrogens with zero attached hydrogens (tertiary/aromatic N) is 6. The number of benzene rings is 3. The first-order valence-electron chi connectivity index (χ1n) is 18.4. The summed E-state index contributed by atoms with van der Waals surface area (Å²) in [6, 6.07) is 20.0. The van der Waals surface area contributed by atoms with E-state index in [-0.39, 0.29) is 17.5 Å². The van der Waals surface area contributed by atoms with E-state index >= 15 is 0 Å². The minimum Gasteiger partial charge on any atom is -0.465 e. The van der Waals surface area contributed by atoms with E-state index in [9.17, 15) is 15.3 Å². The van der Waals surface area contributed by atoms with Crippen molar-refractivity contribution in [3.8, 4) is 23.3 Å². The van der Waals surface area contributed by atoms with E-state index in [0.717, 1.165) is 49.1 Å². The fourth-order valence-corrected chi connectivity index (χ4v) is 8.03. The fourth-order valence-electron chi connectivity index (χ4n) is 5.88. The standard InChI is InChI=1S/C14H13Cl2N3O2S.2C14H14Cl2N2/c1-2-21-12(20)7-22-14-18-6-10(13(17)19-14)9-4-3-8(15)5-11(9)16;2*15-12-4-5-13(14(16)8-12)11(9-17)10-18-6-2-1-3-7-18/h3-6H,2,7H2,1H3,(H2,17,18,19);2*4-5,8,10H,1-3,6-7H2. The number of esters is 1. The molecule has 0 saturated carbocycles. The lowest BCUT2D eigenvalue weighted by Gasteiger charge is -2.25. The van der Waals surface area contributed by atoms with Gasteiger partial charge in [0, 0.05) is 82.1 Å². The molecule has 2 aliphatic rings. The van der Waals surface area contributed by atoms with E-state index in [0.29, 0.717) is 64.2 Å². The molecule has 16 heteroatoms. The third-order valence-electron chi connectivity index (χ3n) is 8.73. The normalized spacial score (nSPS) is 14.2. The van der Waals surface area contributed by atoms with Gasteiger partial charge >= 0.3 is 5.97 Å². The van der Waals surface area contributed by atoms with Gasteiger partial charge in [0.05, 0.1) is 38.6 Å². The molecule has 4 aromatic rings. The number of nitriles is 2. The van der Waals surface area contributed by atoms with Crippen LogP contribution in [0.3, 0.4) is 0 Å². The Morgan fingerprint density at radius 2 is 1.21 bits per heavy atom. The first kappa shape index (κ1) is 46.8. The Morgan fingerprint density at radius 3 is 1.62 bits per heavy atom. The minimum atomic E-state index is -0.320. The average molecular weight is 921 g/mol. The number of carbonyl (C=O) groups excluding carboxylic acids is 1. The van der Waals surface area contributed by atoms with E-state index in [4.69, 9.17) is 80.1 Å². The van der Waals surface area contributed by atoms with Gasteiger partial charge in [-0.1, -0.05) is 99.6 Å². The highest BCUT2D eigenvalue weighted by Crippen LogP contribution is 2.34. The van der Waals surface area contributed by atoms with Crippen molar-refractivity contribution in [3.05, 3.63) is 114 Å². The summed E-state index contributed by atoms with van der Waals surface area (Å²) in [6.45, 7) is 6.14. The van der Waals surface area contributed by atoms with Crippen molar-refractivity contribution < 1.29 is 9.53 Å². The molecule has 58 heavy (non-hydrogen) atoms. The van der Waals surface area contributed by atoms with Gasteiger partial charge in [-0.3, -0.25) is 4.79 Å². The summed E-state index contributed by atoms with van der Waals surface area (Å²) in [6.07, 6.45) is 12.7. The van der Waals surface area contributed by atoms with Crippen LogP contribution in [0.5, 0.6) is 0 Å². The Bertz CT molecular complexity index is 2080. The van der Waals surface area contributed by atoms with Crippen LogP contribution in [0.2, 0.25) is 30.1 Å². The number of aromatic nitrogens is 2. The maximum atomic E-state index is 11.3. The number of thioether (sulfide) groups is 1. The second-order valence-corrected chi connectivity index (χ2v) is 16.4. The molecule has 3 aromatic carbocycles. The predicted molar refractivity (Wildman–Crippen MR) is 240 cm³/mol. The number of allylic oxidation sites excluding steroid dienone is 2. The van der Waals surface area contributed by atoms with Crippen LogP contribution in [0, 0.1) is 22.7 Å². The van der Waals surface area contributed by atoms with Gasteiger partial charge < -0.3 is 20.3 Å². The third-order valence-corrected chi connectivity index (χ3v) is 11.2. The smallest absolute Gasteiger partial charge is 0.316 e. The number of piperidine rings is 2. The van der Waals surface area contributed by atoms with Gasteiger partial charge in [0.2, 0.25) is 0 Å². The summed E-state index contributed by atoms with van der Waals surface area (Å²) in [4.78, 5) is 24.0. The van der Waals surface area contributed by atoms with E-state index in [2.05, 4.69) is 31.9 Å². The van der Waals surface area contributed by atoms with E-state index in [1.807, 2.05) is 12.4 Å².